The first-order valence-corrected chi connectivity index (χ1v) is 9.63. The number of rotatable bonds is 9. The Kier molecular flexibility index (Phi) is 7.29. The minimum Gasteiger partial charge on any atom is -0.398 e. The summed E-state index contributed by atoms with van der Waals surface area (Å²) in [4.78, 5) is 0. The molecule has 0 saturated heterocycles. The molecule has 0 aromatic heterocycles. The van der Waals surface area contributed by atoms with Crippen LogP contribution in [-0.2, 0) is 6.54 Å². The summed E-state index contributed by atoms with van der Waals surface area (Å²) < 4.78 is 27.3. The molecule has 0 unspecified atom stereocenters. The zero-order valence-electron chi connectivity index (χ0n) is 16.5. The Hall–Kier alpha value is -3.51. The van der Waals surface area contributed by atoms with Crippen LogP contribution in [0.25, 0.3) is 6.08 Å². The Morgan fingerprint density at radius 2 is 1.70 bits per heavy atom. The van der Waals surface area contributed by atoms with Crippen LogP contribution in [-0.4, -0.2) is 18.8 Å². The topological polar surface area (TPSA) is 73.9 Å². The number of nitrogens with two attached hydrogens (primary N) is 1. The molecule has 0 aliphatic rings. The molecule has 0 heterocycles. The van der Waals surface area contributed by atoms with Gasteiger partial charge in [-0.05, 0) is 41.5 Å². The van der Waals surface area contributed by atoms with Gasteiger partial charge in [0.05, 0.1) is 11.4 Å². The van der Waals surface area contributed by atoms with Crippen LogP contribution in [0.1, 0.15) is 16.7 Å². The highest BCUT2D eigenvalue weighted by molar-refractivity contribution is 6.12. The minimum absolute atomic E-state index is 0.141. The quantitative estimate of drug-likeness (QED) is 0.234. The van der Waals surface area contributed by atoms with Crippen LogP contribution in [0.5, 0.6) is 0 Å². The van der Waals surface area contributed by atoms with E-state index in [9.17, 15) is 8.78 Å². The summed E-state index contributed by atoms with van der Waals surface area (Å²) in [7, 11) is 0. The SMILES string of the molecule is N=C(/C=C/c1ccc(F)cc1)c1cc(NCCNCc2ccccc2)c(F)cc1N. The lowest BCUT2D eigenvalue weighted by Gasteiger charge is -2.12. The number of nitrogen functional groups attached to an aromatic ring is 1. The number of halogens is 2. The van der Waals surface area contributed by atoms with E-state index in [0.717, 1.165) is 12.1 Å². The Balaban J connectivity index is 1.58. The molecular formula is C24H24F2N4. The number of allylic oxidation sites excluding steroid dienone is 1. The highest BCUT2D eigenvalue weighted by Crippen LogP contribution is 2.23. The molecule has 0 amide bonds. The van der Waals surface area contributed by atoms with Gasteiger partial charge in [-0.1, -0.05) is 48.5 Å². The van der Waals surface area contributed by atoms with Crippen molar-refractivity contribution >= 4 is 23.2 Å². The van der Waals surface area contributed by atoms with Crippen molar-refractivity contribution in [3.8, 4) is 0 Å². The molecule has 154 valence electrons. The molecule has 0 fully saturated rings. The van der Waals surface area contributed by atoms with Crippen LogP contribution in [0.2, 0.25) is 0 Å². The molecule has 0 aliphatic carbocycles. The van der Waals surface area contributed by atoms with Crippen LogP contribution in [0.3, 0.4) is 0 Å². The van der Waals surface area contributed by atoms with Gasteiger partial charge in [0.15, 0.2) is 0 Å². The van der Waals surface area contributed by atoms with Crippen LogP contribution in [0.4, 0.5) is 20.2 Å². The lowest BCUT2D eigenvalue weighted by atomic mass is 10.0. The third-order valence-electron chi connectivity index (χ3n) is 4.53. The number of hydrogen-bond acceptors (Lipinski definition) is 4. The molecule has 4 nitrogen and oxygen atoms in total. The number of anilines is 2. The van der Waals surface area contributed by atoms with Crippen molar-refractivity contribution in [2.24, 2.45) is 0 Å². The fourth-order valence-corrected chi connectivity index (χ4v) is 2.91. The number of benzene rings is 3. The maximum Gasteiger partial charge on any atom is 0.148 e. The first-order chi connectivity index (χ1) is 14.5. The molecular weight excluding hydrogens is 382 g/mol. The Morgan fingerprint density at radius 1 is 0.967 bits per heavy atom. The molecule has 5 N–H and O–H groups in total. The van der Waals surface area contributed by atoms with Crippen molar-refractivity contribution in [3.63, 3.8) is 0 Å². The van der Waals surface area contributed by atoms with Crippen molar-refractivity contribution < 1.29 is 8.78 Å². The monoisotopic (exact) mass is 406 g/mol. The molecule has 0 saturated carbocycles. The summed E-state index contributed by atoms with van der Waals surface area (Å²) in [6, 6.07) is 18.7. The summed E-state index contributed by atoms with van der Waals surface area (Å²) in [6.07, 6.45) is 3.24. The normalized spacial score (nSPS) is 11.0. The summed E-state index contributed by atoms with van der Waals surface area (Å²) in [5.74, 6) is -0.784. The van der Waals surface area contributed by atoms with Gasteiger partial charge < -0.3 is 21.8 Å². The Bertz CT molecular complexity index is 1020. The minimum atomic E-state index is -0.463. The molecule has 0 radical (unpaired) electrons. The molecule has 3 aromatic carbocycles. The number of nitrogens with one attached hydrogen (secondary N) is 3. The second-order valence-electron chi connectivity index (χ2n) is 6.81. The predicted octanol–water partition coefficient (Wildman–Crippen LogP) is 4.83. The number of hydrogen-bond donors (Lipinski definition) is 4. The van der Waals surface area contributed by atoms with E-state index in [1.54, 1.807) is 30.4 Å². The second-order valence-corrected chi connectivity index (χ2v) is 6.81. The maximum absolute atomic E-state index is 14.3. The smallest absolute Gasteiger partial charge is 0.148 e. The molecule has 0 bridgehead atoms. The average Bonchev–Trinajstić information content (AvgIpc) is 2.75. The van der Waals surface area contributed by atoms with Crippen LogP contribution in [0.15, 0.2) is 72.8 Å². The van der Waals surface area contributed by atoms with Crippen molar-refractivity contribution in [1.82, 2.24) is 5.32 Å². The Morgan fingerprint density at radius 3 is 2.43 bits per heavy atom. The van der Waals surface area contributed by atoms with E-state index in [-0.39, 0.29) is 17.2 Å². The zero-order valence-corrected chi connectivity index (χ0v) is 16.5. The van der Waals surface area contributed by atoms with Crippen LogP contribution in [0, 0.1) is 17.0 Å². The summed E-state index contributed by atoms with van der Waals surface area (Å²) in [6.45, 7) is 1.90. The molecule has 3 rings (SSSR count). The van der Waals surface area contributed by atoms with E-state index in [1.807, 2.05) is 30.3 Å². The fourth-order valence-electron chi connectivity index (χ4n) is 2.91. The highest BCUT2D eigenvalue weighted by atomic mass is 19.1. The summed E-state index contributed by atoms with van der Waals surface area (Å²) in [5.41, 5.74) is 8.90. The lowest BCUT2D eigenvalue weighted by molar-refractivity contribution is 0.627. The first-order valence-electron chi connectivity index (χ1n) is 9.63. The van der Waals surface area contributed by atoms with E-state index in [0.29, 0.717) is 24.3 Å². The van der Waals surface area contributed by atoms with Gasteiger partial charge in [-0.3, -0.25) is 0 Å². The maximum atomic E-state index is 14.3. The van der Waals surface area contributed by atoms with Crippen LogP contribution >= 0.6 is 0 Å². The average molecular weight is 406 g/mol. The van der Waals surface area contributed by atoms with Gasteiger partial charge in [-0.15, -0.1) is 0 Å². The standard InChI is InChI=1S/C24H24F2N4/c25-19-9-6-17(7-10-19)8-11-22(27)20-14-24(21(26)15-23(20)28)30-13-12-29-16-18-4-2-1-3-5-18/h1-11,14-15,27,29-30H,12-13,16,28H2/b11-8+,27-22?. The van der Waals surface area contributed by atoms with Gasteiger partial charge in [0.2, 0.25) is 0 Å². The molecule has 0 atom stereocenters. The Labute approximate surface area is 175 Å². The molecule has 3 aromatic rings. The van der Waals surface area contributed by atoms with Crippen molar-refractivity contribution in [3.05, 3.63) is 101 Å². The lowest BCUT2D eigenvalue weighted by Crippen LogP contribution is -2.22. The molecule has 6 heteroatoms. The highest BCUT2D eigenvalue weighted by Gasteiger charge is 2.10. The molecule has 0 aliphatic heterocycles. The van der Waals surface area contributed by atoms with Gasteiger partial charge in [-0.25, -0.2) is 8.78 Å². The van der Waals surface area contributed by atoms with Gasteiger partial charge in [0.1, 0.15) is 11.6 Å². The third kappa shape index (κ3) is 5.99. The van der Waals surface area contributed by atoms with Crippen molar-refractivity contribution in [2.75, 3.05) is 24.1 Å². The van der Waals surface area contributed by atoms with E-state index >= 15 is 0 Å². The zero-order chi connectivity index (χ0) is 21.3. The van der Waals surface area contributed by atoms with E-state index in [2.05, 4.69) is 10.6 Å². The second kappa shape index (κ2) is 10.3. The van der Waals surface area contributed by atoms with Crippen molar-refractivity contribution in [2.45, 2.75) is 6.54 Å². The predicted molar refractivity (Wildman–Crippen MR) is 120 cm³/mol. The van der Waals surface area contributed by atoms with E-state index in [1.165, 1.54) is 23.8 Å². The largest absolute Gasteiger partial charge is 0.398 e. The van der Waals surface area contributed by atoms with Gasteiger partial charge >= 0.3 is 0 Å². The molecule has 0 spiro atoms. The van der Waals surface area contributed by atoms with E-state index < -0.39 is 5.82 Å². The van der Waals surface area contributed by atoms with Gasteiger partial charge in [-0.2, -0.15) is 0 Å². The van der Waals surface area contributed by atoms with E-state index in [4.69, 9.17) is 11.1 Å². The summed E-state index contributed by atoms with van der Waals surface area (Å²) in [5, 5.41) is 14.6. The first kappa shape index (κ1) is 21.2. The van der Waals surface area contributed by atoms with Gasteiger partial charge in [0.25, 0.3) is 0 Å². The molecule has 30 heavy (non-hydrogen) atoms. The summed E-state index contributed by atoms with van der Waals surface area (Å²) >= 11 is 0. The van der Waals surface area contributed by atoms with Crippen molar-refractivity contribution in [1.29, 1.82) is 5.41 Å². The van der Waals surface area contributed by atoms with Crippen LogP contribution < -0.4 is 16.4 Å². The van der Waals surface area contributed by atoms with Gasteiger partial charge in [0, 0.05) is 30.9 Å². The third-order valence-corrected chi connectivity index (χ3v) is 4.53. The fraction of sp³-hybridized carbons (Fsp3) is 0.125.